The summed E-state index contributed by atoms with van der Waals surface area (Å²) >= 11 is 6.16. The van der Waals surface area contributed by atoms with Gasteiger partial charge in [0.15, 0.2) is 0 Å². The molecule has 0 amide bonds. The maximum Gasteiger partial charge on any atom is 0.0467 e. The molecule has 0 heterocycles. The van der Waals surface area contributed by atoms with Gasteiger partial charge in [0.1, 0.15) is 0 Å². The van der Waals surface area contributed by atoms with Crippen LogP contribution in [0, 0.1) is 13.8 Å². The molecule has 0 atom stereocenters. The van der Waals surface area contributed by atoms with Gasteiger partial charge in [0.2, 0.25) is 0 Å². The predicted molar refractivity (Wildman–Crippen MR) is 59.5 cm³/mol. The first-order valence-corrected chi connectivity index (χ1v) is 5.29. The number of halogens is 1. The predicted octanol–water partition coefficient (Wildman–Crippen LogP) is 4.30. The van der Waals surface area contributed by atoms with Gasteiger partial charge >= 0.3 is 0 Å². The van der Waals surface area contributed by atoms with Gasteiger partial charge in [0.05, 0.1) is 0 Å². The molecule has 0 aliphatic heterocycles. The number of aryl methyl sites for hydroxylation is 2. The largest absolute Gasteiger partial charge is 0.0838 e. The van der Waals surface area contributed by atoms with Crippen LogP contribution in [0.3, 0.4) is 0 Å². The van der Waals surface area contributed by atoms with Crippen LogP contribution in [-0.2, 0) is 6.42 Å². The maximum atomic E-state index is 6.16. The van der Waals surface area contributed by atoms with Crippen LogP contribution >= 0.6 is 11.6 Å². The van der Waals surface area contributed by atoms with Gasteiger partial charge in [-0.25, -0.2) is 0 Å². The lowest BCUT2D eigenvalue weighted by atomic mass is 10.0. The van der Waals surface area contributed by atoms with E-state index in [1.54, 1.807) is 0 Å². The molecule has 0 spiro atoms. The minimum Gasteiger partial charge on any atom is -0.0838 e. The summed E-state index contributed by atoms with van der Waals surface area (Å²) in [7, 11) is 0. The van der Waals surface area contributed by atoms with Crippen molar-refractivity contribution >= 4 is 11.6 Å². The zero-order valence-corrected chi connectivity index (χ0v) is 9.41. The lowest BCUT2D eigenvalue weighted by Crippen LogP contribution is -1.92. The maximum absolute atomic E-state index is 6.16. The molecule has 0 saturated heterocycles. The molecule has 0 saturated carbocycles. The van der Waals surface area contributed by atoms with E-state index in [1.807, 2.05) is 0 Å². The molecular weight excluding hydrogens is 180 g/mol. The van der Waals surface area contributed by atoms with Gasteiger partial charge in [-0.1, -0.05) is 37.1 Å². The van der Waals surface area contributed by atoms with Crippen LogP contribution in [0.5, 0.6) is 0 Å². The highest BCUT2D eigenvalue weighted by atomic mass is 35.5. The fourth-order valence-corrected chi connectivity index (χ4v) is 1.68. The number of unbranched alkanes of at least 4 members (excludes halogenated alkanes) is 1. The molecule has 13 heavy (non-hydrogen) atoms. The Morgan fingerprint density at radius 3 is 2.54 bits per heavy atom. The topological polar surface area (TPSA) is 0 Å². The smallest absolute Gasteiger partial charge is 0.0467 e. The third-order valence-electron chi connectivity index (χ3n) is 2.49. The number of benzene rings is 1. The van der Waals surface area contributed by atoms with Crippen LogP contribution in [0.15, 0.2) is 12.1 Å². The second-order valence-corrected chi connectivity index (χ2v) is 3.96. The van der Waals surface area contributed by atoms with Gasteiger partial charge in [-0.3, -0.25) is 0 Å². The first kappa shape index (κ1) is 10.6. The second-order valence-electron chi connectivity index (χ2n) is 3.58. The molecule has 0 radical (unpaired) electrons. The fourth-order valence-electron chi connectivity index (χ4n) is 1.50. The summed E-state index contributed by atoms with van der Waals surface area (Å²) in [5.41, 5.74) is 3.84. The number of hydrogen-bond acceptors (Lipinski definition) is 0. The SMILES string of the molecule is CCCCc1ccc(C)c(Cl)c1C. The summed E-state index contributed by atoms with van der Waals surface area (Å²) in [4.78, 5) is 0. The Hall–Kier alpha value is -0.490. The molecule has 72 valence electrons. The van der Waals surface area contributed by atoms with E-state index in [4.69, 9.17) is 11.6 Å². The Morgan fingerprint density at radius 1 is 1.23 bits per heavy atom. The van der Waals surface area contributed by atoms with Crippen molar-refractivity contribution < 1.29 is 0 Å². The number of hydrogen-bond donors (Lipinski definition) is 0. The minimum absolute atomic E-state index is 0.939. The molecule has 1 aromatic rings. The van der Waals surface area contributed by atoms with E-state index < -0.39 is 0 Å². The third kappa shape index (κ3) is 2.47. The summed E-state index contributed by atoms with van der Waals surface area (Å²) in [6.07, 6.45) is 3.65. The van der Waals surface area contributed by atoms with Crippen molar-refractivity contribution in [2.75, 3.05) is 0 Å². The first-order valence-electron chi connectivity index (χ1n) is 4.91. The van der Waals surface area contributed by atoms with Crippen LogP contribution in [0.1, 0.15) is 36.5 Å². The monoisotopic (exact) mass is 196 g/mol. The molecule has 1 aromatic carbocycles. The van der Waals surface area contributed by atoms with Crippen molar-refractivity contribution in [2.24, 2.45) is 0 Å². The van der Waals surface area contributed by atoms with E-state index in [0.29, 0.717) is 0 Å². The molecule has 1 rings (SSSR count). The summed E-state index contributed by atoms with van der Waals surface area (Å²) in [5, 5.41) is 0.939. The molecule has 0 aliphatic rings. The van der Waals surface area contributed by atoms with Gasteiger partial charge in [-0.2, -0.15) is 0 Å². The minimum atomic E-state index is 0.939. The Kier molecular flexibility index (Phi) is 3.80. The highest BCUT2D eigenvalue weighted by molar-refractivity contribution is 6.32. The van der Waals surface area contributed by atoms with Crippen LogP contribution < -0.4 is 0 Å². The van der Waals surface area contributed by atoms with Crippen molar-refractivity contribution in [3.63, 3.8) is 0 Å². The molecule has 0 N–H and O–H groups in total. The summed E-state index contributed by atoms with van der Waals surface area (Å²) in [6, 6.07) is 4.31. The van der Waals surface area contributed by atoms with Gasteiger partial charge in [-0.15, -0.1) is 0 Å². The standard InChI is InChI=1S/C12H17Cl/c1-4-5-6-11-8-7-9(2)12(13)10(11)3/h7-8H,4-6H2,1-3H3. The van der Waals surface area contributed by atoms with E-state index in [9.17, 15) is 0 Å². The van der Waals surface area contributed by atoms with E-state index >= 15 is 0 Å². The Balaban J connectivity index is 2.90. The van der Waals surface area contributed by atoms with E-state index in [1.165, 1.54) is 29.5 Å². The molecule has 1 heteroatoms. The zero-order chi connectivity index (χ0) is 9.84. The van der Waals surface area contributed by atoms with Crippen molar-refractivity contribution in [3.8, 4) is 0 Å². The van der Waals surface area contributed by atoms with Crippen LogP contribution in [0.2, 0.25) is 5.02 Å². The van der Waals surface area contributed by atoms with E-state index in [-0.39, 0.29) is 0 Å². The molecule has 0 unspecified atom stereocenters. The van der Waals surface area contributed by atoms with E-state index in [0.717, 1.165) is 11.4 Å². The van der Waals surface area contributed by atoms with Crippen LogP contribution in [0.25, 0.3) is 0 Å². The van der Waals surface area contributed by atoms with Crippen molar-refractivity contribution in [2.45, 2.75) is 40.0 Å². The highest BCUT2D eigenvalue weighted by Crippen LogP contribution is 2.24. The fraction of sp³-hybridized carbons (Fsp3) is 0.500. The molecule has 0 fully saturated rings. The van der Waals surface area contributed by atoms with E-state index in [2.05, 4.69) is 32.9 Å². The first-order chi connectivity index (χ1) is 6.16. The quantitative estimate of drug-likeness (QED) is 0.676. The van der Waals surface area contributed by atoms with Gasteiger partial charge in [0.25, 0.3) is 0 Å². The molecule has 0 nitrogen and oxygen atoms in total. The summed E-state index contributed by atoms with van der Waals surface area (Å²) in [5.74, 6) is 0. The lowest BCUT2D eigenvalue weighted by Gasteiger charge is -2.08. The lowest BCUT2D eigenvalue weighted by molar-refractivity contribution is 0.791. The number of rotatable bonds is 3. The molecule has 0 aliphatic carbocycles. The average Bonchev–Trinajstić information content (AvgIpc) is 2.13. The van der Waals surface area contributed by atoms with Crippen molar-refractivity contribution in [3.05, 3.63) is 33.8 Å². The molecule has 0 bridgehead atoms. The zero-order valence-electron chi connectivity index (χ0n) is 8.65. The molecule has 0 aromatic heterocycles. The summed E-state index contributed by atoms with van der Waals surface area (Å²) in [6.45, 7) is 6.38. The molecular formula is C12H17Cl. The summed E-state index contributed by atoms with van der Waals surface area (Å²) < 4.78 is 0. The Morgan fingerprint density at radius 2 is 1.92 bits per heavy atom. The second kappa shape index (κ2) is 4.66. The van der Waals surface area contributed by atoms with Gasteiger partial charge in [0, 0.05) is 5.02 Å². The van der Waals surface area contributed by atoms with Crippen LogP contribution in [-0.4, -0.2) is 0 Å². The Labute approximate surface area is 85.9 Å². The third-order valence-corrected chi connectivity index (χ3v) is 3.07. The van der Waals surface area contributed by atoms with Crippen molar-refractivity contribution in [1.82, 2.24) is 0 Å². The van der Waals surface area contributed by atoms with Crippen LogP contribution in [0.4, 0.5) is 0 Å². The Bertz CT molecular complexity index is 289. The highest BCUT2D eigenvalue weighted by Gasteiger charge is 2.04. The van der Waals surface area contributed by atoms with Crippen molar-refractivity contribution in [1.29, 1.82) is 0 Å². The van der Waals surface area contributed by atoms with Gasteiger partial charge in [-0.05, 0) is 43.4 Å². The normalized spacial score (nSPS) is 10.5. The average molecular weight is 197 g/mol. The van der Waals surface area contributed by atoms with Gasteiger partial charge < -0.3 is 0 Å².